The molecule has 0 radical (unpaired) electrons. The first kappa shape index (κ1) is 17.6. The number of carbonyl (C=O) groups is 4. The first-order valence-electron chi connectivity index (χ1n) is 9.01. The molecule has 0 spiro atoms. The third-order valence-electron chi connectivity index (χ3n) is 5.22. The number of esters is 1. The summed E-state index contributed by atoms with van der Waals surface area (Å²) in [5, 5.41) is 2.84. The first-order chi connectivity index (χ1) is 12.1. The number of fused-ring (bicyclic) bond motifs is 1. The van der Waals surface area contributed by atoms with Crippen LogP contribution in [0.15, 0.2) is 12.2 Å². The Bertz CT molecular complexity index is 568. The number of amides is 3. The van der Waals surface area contributed by atoms with E-state index in [2.05, 4.69) is 5.32 Å². The van der Waals surface area contributed by atoms with Crippen LogP contribution in [-0.2, 0) is 23.9 Å². The third kappa shape index (κ3) is 4.08. The second-order valence-electron chi connectivity index (χ2n) is 6.94. The molecule has 1 N–H and O–H groups in total. The number of nitrogens with zero attached hydrogens (tertiary/aromatic N) is 1. The van der Waals surface area contributed by atoms with Gasteiger partial charge in [-0.2, -0.15) is 0 Å². The number of likely N-dealkylation sites (tertiary alicyclic amines) is 1. The molecule has 0 bridgehead atoms. The van der Waals surface area contributed by atoms with Gasteiger partial charge in [-0.05, 0) is 25.7 Å². The van der Waals surface area contributed by atoms with Gasteiger partial charge in [0.1, 0.15) is 0 Å². The van der Waals surface area contributed by atoms with Crippen LogP contribution in [0.5, 0.6) is 0 Å². The normalized spacial score (nSPS) is 26.0. The van der Waals surface area contributed by atoms with Gasteiger partial charge in [0, 0.05) is 12.6 Å². The van der Waals surface area contributed by atoms with Crippen molar-refractivity contribution in [3.05, 3.63) is 12.2 Å². The van der Waals surface area contributed by atoms with E-state index in [1.807, 2.05) is 12.2 Å². The van der Waals surface area contributed by atoms with Crippen LogP contribution < -0.4 is 5.32 Å². The van der Waals surface area contributed by atoms with Crippen molar-refractivity contribution >= 4 is 23.7 Å². The average Bonchev–Trinajstić information content (AvgIpc) is 3.20. The van der Waals surface area contributed by atoms with Crippen LogP contribution in [0.1, 0.15) is 44.9 Å². The second kappa shape index (κ2) is 7.80. The molecule has 0 unspecified atom stereocenters. The zero-order valence-electron chi connectivity index (χ0n) is 14.2. The summed E-state index contributed by atoms with van der Waals surface area (Å²) in [4.78, 5) is 49.3. The van der Waals surface area contributed by atoms with E-state index in [1.165, 1.54) is 4.90 Å². The molecule has 1 heterocycles. The summed E-state index contributed by atoms with van der Waals surface area (Å²) in [6.45, 7) is -0.292. The fourth-order valence-corrected chi connectivity index (χ4v) is 3.85. The van der Waals surface area contributed by atoms with Crippen molar-refractivity contribution in [3.8, 4) is 0 Å². The molecule has 3 amide bonds. The Morgan fingerprint density at radius 2 is 1.68 bits per heavy atom. The maximum atomic E-state index is 12.3. The lowest BCUT2D eigenvalue weighted by atomic mass is 9.85. The number of nitrogens with one attached hydrogen (secondary N) is 1. The van der Waals surface area contributed by atoms with Crippen molar-refractivity contribution in [1.29, 1.82) is 0 Å². The van der Waals surface area contributed by atoms with Gasteiger partial charge < -0.3 is 10.1 Å². The van der Waals surface area contributed by atoms with E-state index < -0.39 is 5.97 Å². The van der Waals surface area contributed by atoms with Crippen LogP contribution in [-0.4, -0.2) is 47.8 Å². The molecular weight excluding hydrogens is 324 g/mol. The fraction of sp³-hybridized carbons (Fsp3) is 0.667. The molecule has 0 aromatic carbocycles. The Labute approximate surface area is 146 Å². The van der Waals surface area contributed by atoms with Gasteiger partial charge in [-0.15, -0.1) is 0 Å². The summed E-state index contributed by atoms with van der Waals surface area (Å²) in [5.74, 6) is -1.85. The molecule has 3 rings (SSSR count). The number of hydrogen-bond acceptors (Lipinski definition) is 5. The lowest BCUT2D eigenvalue weighted by Crippen LogP contribution is -2.36. The Balaban J connectivity index is 1.39. The van der Waals surface area contributed by atoms with Gasteiger partial charge in [0.25, 0.3) is 5.91 Å². The summed E-state index contributed by atoms with van der Waals surface area (Å²) in [7, 11) is 0. The predicted octanol–water partition coefficient (Wildman–Crippen LogP) is 0.930. The van der Waals surface area contributed by atoms with Crippen LogP contribution in [0.2, 0.25) is 0 Å². The highest BCUT2D eigenvalue weighted by Gasteiger charge is 2.46. The zero-order valence-corrected chi connectivity index (χ0v) is 14.2. The highest BCUT2D eigenvalue weighted by atomic mass is 16.5. The minimum absolute atomic E-state index is 0.0216. The Morgan fingerprint density at radius 3 is 2.28 bits per heavy atom. The van der Waals surface area contributed by atoms with Crippen molar-refractivity contribution in [1.82, 2.24) is 10.2 Å². The van der Waals surface area contributed by atoms with Gasteiger partial charge in [-0.25, -0.2) is 0 Å². The van der Waals surface area contributed by atoms with Crippen molar-refractivity contribution in [2.45, 2.75) is 51.0 Å². The largest absolute Gasteiger partial charge is 0.456 e. The van der Waals surface area contributed by atoms with E-state index in [9.17, 15) is 19.2 Å². The molecule has 0 aromatic rings. The Kier molecular flexibility index (Phi) is 5.50. The van der Waals surface area contributed by atoms with Gasteiger partial charge in [-0.3, -0.25) is 24.1 Å². The van der Waals surface area contributed by atoms with Crippen molar-refractivity contribution in [2.24, 2.45) is 11.8 Å². The standard InChI is InChI=1S/C18H24N2O5/c21-15(19-12-5-1-2-6-12)11-25-16(22)9-10-20-17(23)13-7-3-4-8-14(13)18(20)24/h3-4,12-14H,1-2,5-11H2,(H,19,21)/t13-,14-/m0/s1. The molecule has 1 saturated carbocycles. The number of hydrogen-bond donors (Lipinski definition) is 1. The third-order valence-corrected chi connectivity index (χ3v) is 5.22. The number of allylic oxidation sites excluding steroid dienone is 2. The Hall–Kier alpha value is -2.18. The highest BCUT2D eigenvalue weighted by Crippen LogP contribution is 2.34. The minimum Gasteiger partial charge on any atom is -0.456 e. The summed E-state index contributed by atoms with van der Waals surface area (Å²) < 4.78 is 4.95. The zero-order chi connectivity index (χ0) is 17.8. The molecule has 3 aliphatic rings. The number of carbonyl (C=O) groups excluding carboxylic acids is 4. The number of ether oxygens (including phenoxy) is 1. The van der Waals surface area contributed by atoms with E-state index in [0.717, 1.165) is 25.7 Å². The number of imide groups is 1. The summed E-state index contributed by atoms with van der Waals surface area (Å²) in [5.41, 5.74) is 0. The molecule has 7 heteroatoms. The average molecular weight is 348 g/mol. The molecule has 0 aromatic heterocycles. The van der Waals surface area contributed by atoms with Crippen molar-refractivity contribution in [2.75, 3.05) is 13.2 Å². The van der Waals surface area contributed by atoms with Crippen molar-refractivity contribution < 1.29 is 23.9 Å². The SMILES string of the molecule is O=C(COC(=O)CCN1C(=O)[C@H]2CC=CC[C@@H]2C1=O)NC1CCCC1. The lowest BCUT2D eigenvalue weighted by molar-refractivity contribution is -0.150. The monoisotopic (exact) mass is 348 g/mol. The van der Waals surface area contributed by atoms with Gasteiger partial charge >= 0.3 is 5.97 Å². The smallest absolute Gasteiger partial charge is 0.308 e. The van der Waals surface area contributed by atoms with Gasteiger partial charge in [0.2, 0.25) is 11.8 Å². The van der Waals surface area contributed by atoms with Gasteiger partial charge in [-0.1, -0.05) is 25.0 Å². The van der Waals surface area contributed by atoms with E-state index in [-0.39, 0.29) is 55.2 Å². The molecule has 1 saturated heterocycles. The van der Waals surface area contributed by atoms with E-state index in [1.54, 1.807) is 0 Å². The van der Waals surface area contributed by atoms with Crippen molar-refractivity contribution in [3.63, 3.8) is 0 Å². The summed E-state index contributed by atoms with van der Waals surface area (Å²) >= 11 is 0. The molecule has 1 aliphatic heterocycles. The van der Waals surface area contributed by atoms with E-state index in [4.69, 9.17) is 4.74 Å². The molecule has 2 fully saturated rings. The Morgan fingerprint density at radius 1 is 1.08 bits per heavy atom. The molecule has 25 heavy (non-hydrogen) atoms. The molecule has 7 nitrogen and oxygen atoms in total. The highest BCUT2D eigenvalue weighted by molar-refractivity contribution is 6.05. The number of rotatable bonds is 6. The van der Waals surface area contributed by atoms with Crippen LogP contribution in [0, 0.1) is 11.8 Å². The predicted molar refractivity (Wildman–Crippen MR) is 88.0 cm³/mol. The second-order valence-corrected chi connectivity index (χ2v) is 6.94. The van der Waals surface area contributed by atoms with E-state index in [0.29, 0.717) is 12.8 Å². The summed E-state index contributed by atoms with van der Waals surface area (Å²) in [6, 6.07) is 0.183. The maximum Gasteiger partial charge on any atom is 0.308 e. The molecule has 136 valence electrons. The minimum atomic E-state index is -0.574. The lowest BCUT2D eigenvalue weighted by Gasteiger charge is -2.14. The fourth-order valence-electron chi connectivity index (χ4n) is 3.85. The van der Waals surface area contributed by atoms with Crippen LogP contribution in [0.25, 0.3) is 0 Å². The van der Waals surface area contributed by atoms with E-state index >= 15 is 0 Å². The van der Waals surface area contributed by atoms with Crippen LogP contribution in [0.3, 0.4) is 0 Å². The van der Waals surface area contributed by atoms with Gasteiger partial charge in [0.15, 0.2) is 6.61 Å². The molecule has 2 aliphatic carbocycles. The van der Waals surface area contributed by atoms with Gasteiger partial charge in [0.05, 0.1) is 18.3 Å². The quantitative estimate of drug-likeness (QED) is 0.438. The summed E-state index contributed by atoms with van der Waals surface area (Å²) in [6.07, 6.45) is 9.09. The topological polar surface area (TPSA) is 92.8 Å². The maximum absolute atomic E-state index is 12.3. The van der Waals surface area contributed by atoms with Crippen LogP contribution in [0.4, 0.5) is 0 Å². The molecule has 2 atom stereocenters. The molecular formula is C18H24N2O5. The first-order valence-corrected chi connectivity index (χ1v) is 9.01. The van der Waals surface area contributed by atoms with Crippen LogP contribution >= 0.6 is 0 Å².